The second-order valence-corrected chi connectivity index (χ2v) is 9.29. The first-order valence-electron chi connectivity index (χ1n) is 10.2. The molecule has 0 aliphatic rings. The highest BCUT2D eigenvalue weighted by Gasteiger charge is 2.27. The summed E-state index contributed by atoms with van der Waals surface area (Å²) in [6.07, 6.45) is 0. The number of amides is 1. The fraction of sp³-hybridized carbons (Fsp3) is 0.167. The average molecular weight is 486 g/mol. The highest BCUT2D eigenvalue weighted by Crippen LogP contribution is 2.24. The van der Waals surface area contributed by atoms with Crippen LogP contribution in [0.15, 0.2) is 88.9 Å². The van der Waals surface area contributed by atoms with Crippen LogP contribution in [0.5, 0.6) is 5.75 Å². The van der Waals surface area contributed by atoms with Crippen molar-refractivity contribution < 1.29 is 17.9 Å². The Morgan fingerprint density at radius 2 is 1.64 bits per heavy atom. The lowest BCUT2D eigenvalue weighted by Gasteiger charge is -2.23. The number of nitrogens with zero attached hydrogens (tertiary/aromatic N) is 2. The monoisotopic (exact) mass is 485 g/mol. The Balaban J connectivity index is 1.79. The van der Waals surface area contributed by atoms with E-state index >= 15 is 0 Å². The molecular weight excluding hydrogens is 462 g/mol. The molecule has 0 atom stereocenters. The van der Waals surface area contributed by atoms with Gasteiger partial charge >= 0.3 is 0 Å². The number of anilines is 1. The molecule has 9 heteroatoms. The number of para-hydroxylation sites is 1. The van der Waals surface area contributed by atoms with Gasteiger partial charge in [-0.15, -0.1) is 0 Å². The summed E-state index contributed by atoms with van der Waals surface area (Å²) in [7, 11) is -4.02. The third-order valence-corrected chi connectivity index (χ3v) is 6.70. The Labute approximate surface area is 198 Å². The van der Waals surface area contributed by atoms with Crippen LogP contribution in [0.3, 0.4) is 0 Å². The van der Waals surface area contributed by atoms with Gasteiger partial charge < -0.3 is 4.74 Å². The molecule has 3 aromatic carbocycles. The Morgan fingerprint density at radius 3 is 2.24 bits per heavy atom. The standard InChI is InChI=1S/C24H24ClN3O4S/c1-3-32-22-13-9-19(10-14-22)18(2)26-27-24(29)17-28(21-7-5-4-6-8-21)33(30,31)23-15-11-20(25)12-16-23/h4-16H,3,17H2,1-2H3,(H,27,29)/b26-18-. The quantitative estimate of drug-likeness (QED) is 0.357. The summed E-state index contributed by atoms with van der Waals surface area (Å²) in [5.74, 6) is 0.158. The van der Waals surface area contributed by atoms with Gasteiger partial charge in [-0.05, 0) is 80.1 Å². The maximum absolute atomic E-state index is 13.3. The van der Waals surface area contributed by atoms with E-state index in [1.165, 1.54) is 24.3 Å². The molecule has 0 aliphatic heterocycles. The van der Waals surface area contributed by atoms with Crippen molar-refractivity contribution in [2.75, 3.05) is 17.5 Å². The van der Waals surface area contributed by atoms with Gasteiger partial charge in [-0.25, -0.2) is 13.8 Å². The molecule has 0 heterocycles. The third-order valence-electron chi connectivity index (χ3n) is 4.66. The first-order valence-corrected chi connectivity index (χ1v) is 12.0. The van der Waals surface area contributed by atoms with Crippen LogP contribution in [-0.4, -0.2) is 33.2 Å². The Bertz CT molecular complexity index is 1210. The number of hydrogen-bond donors (Lipinski definition) is 1. The van der Waals surface area contributed by atoms with Gasteiger partial charge in [0.05, 0.1) is 22.9 Å². The number of ether oxygens (including phenoxy) is 1. The first-order chi connectivity index (χ1) is 15.8. The van der Waals surface area contributed by atoms with Gasteiger partial charge in [-0.1, -0.05) is 29.8 Å². The van der Waals surface area contributed by atoms with E-state index in [2.05, 4.69) is 10.5 Å². The van der Waals surface area contributed by atoms with E-state index in [4.69, 9.17) is 16.3 Å². The largest absolute Gasteiger partial charge is 0.494 e. The Morgan fingerprint density at radius 1 is 1.00 bits per heavy atom. The van der Waals surface area contributed by atoms with Gasteiger partial charge in [-0.2, -0.15) is 5.10 Å². The fourth-order valence-corrected chi connectivity index (χ4v) is 4.53. The number of rotatable bonds is 9. The zero-order chi connectivity index (χ0) is 23.8. The maximum atomic E-state index is 13.3. The third kappa shape index (κ3) is 6.34. The van der Waals surface area contributed by atoms with E-state index in [9.17, 15) is 13.2 Å². The van der Waals surface area contributed by atoms with E-state index < -0.39 is 22.5 Å². The Kier molecular flexibility index (Phi) is 8.08. The molecule has 0 bridgehead atoms. The van der Waals surface area contributed by atoms with Crippen molar-refractivity contribution in [3.8, 4) is 5.75 Å². The molecule has 0 unspecified atom stereocenters. The molecular formula is C24H24ClN3O4S. The SMILES string of the molecule is CCOc1ccc(/C(C)=N\NC(=O)CN(c2ccccc2)S(=O)(=O)c2ccc(Cl)cc2)cc1. The predicted molar refractivity (Wildman–Crippen MR) is 130 cm³/mol. The number of hydrazone groups is 1. The lowest BCUT2D eigenvalue weighted by Crippen LogP contribution is -2.39. The molecule has 7 nitrogen and oxygen atoms in total. The fourth-order valence-electron chi connectivity index (χ4n) is 2.98. The number of hydrogen-bond acceptors (Lipinski definition) is 5. The van der Waals surface area contributed by atoms with Crippen molar-refractivity contribution in [3.05, 3.63) is 89.4 Å². The van der Waals surface area contributed by atoms with Crippen molar-refractivity contribution in [1.29, 1.82) is 0 Å². The number of nitrogens with one attached hydrogen (secondary N) is 1. The molecule has 3 aromatic rings. The molecule has 1 N–H and O–H groups in total. The van der Waals surface area contributed by atoms with Gasteiger partial charge in [0, 0.05) is 5.02 Å². The van der Waals surface area contributed by atoms with Gasteiger partial charge in [-0.3, -0.25) is 9.10 Å². The number of carbonyl (C=O) groups excluding carboxylic acids is 1. The molecule has 33 heavy (non-hydrogen) atoms. The minimum Gasteiger partial charge on any atom is -0.494 e. The maximum Gasteiger partial charge on any atom is 0.264 e. The highest BCUT2D eigenvalue weighted by molar-refractivity contribution is 7.92. The van der Waals surface area contributed by atoms with Gasteiger partial charge in [0.2, 0.25) is 0 Å². The van der Waals surface area contributed by atoms with E-state index in [0.29, 0.717) is 23.0 Å². The van der Waals surface area contributed by atoms with Crippen molar-refractivity contribution in [1.82, 2.24) is 5.43 Å². The summed E-state index contributed by atoms with van der Waals surface area (Å²) in [6.45, 7) is 3.77. The van der Waals surface area contributed by atoms with Crippen LogP contribution in [-0.2, 0) is 14.8 Å². The van der Waals surface area contributed by atoms with Crippen LogP contribution in [0.1, 0.15) is 19.4 Å². The first kappa shape index (κ1) is 24.3. The molecule has 0 radical (unpaired) electrons. The summed E-state index contributed by atoms with van der Waals surface area (Å²) < 4.78 is 33.0. The topological polar surface area (TPSA) is 88.1 Å². The summed E-state index contributed by atoms with van der Waals surface area (Å²) in [5.41, 5.74) is 4.17. The summed E-state index contributed by atoms with van der Waals surface area (Å²) in [4.78, 5) is 12.7. The lowest BCUT2D eigenvalue weighted by atomic mass is 10.1. The smallest absolute Gasteiger partial charge is 0.264 e. The summed E-state index contributed by atoms with van der Waals surface area (Å²) >= 11 is 5.89. The zero-order valence-corrected chi connectivity index (χ0v) is 19.8. The molecule has 0 aromatic heterocycles. The molecule has 0 aliphatic carbocycles. The van der Waals surface area contributed by atoms with Crippen LogP contribution in [0.2, 0.25) is 5.02 Å². The molecule has 0 saturated carbocycles. The number of halogens is 1. The number of benzene rings is 3. The van der Waals surface area contributed by atoms with Crippen LogP contribution >= 0.6 is 11.6 Å². The summed E-state index contributed by atoms with van der Waals surface area (Å²) in [5, 5.41) is 4.53. The van der Waals surface area contributed by atoms with Crippen molar-refractivity contribution in [3.63, 3.8) is 0 Å². The second kappa shape index (κ2) is 11.0. The van der Waals surface area contributed by atoms with Crippen molar-refractivity contribution >= 4 is 38.9 Å². The zero-order valence-electron chi connectivity index (χ0n) is 18.2. The number of sulfonamides is 1. The molecule has 1 amide bonds. The second-order valence-electron chi connectivity index (χ2n) is 6.99. The molecule has 0 saturated heterocycles. The number of carbonyl (C=O) groups is 1. The normalized spacial score (nSPS) is 11.7. The molecule has 0 spiro atoms. The molecule has 0 fully saturated rings. The van der Waals surface area contributed by atoms with Crippen LogP contribution in [0, 0.1) is 0 Å². The van der Waals surface area contributed by atoms with E-state index in [1.807, 2.05) is 31.2 Å². The summed E-state index contributed by atoms with van der Waals surface area (Å²) in [6, 6.07) is 21.5. The lowest BCUT2D eigenvalue weighted by molar-refractivity contribution is -0.119. The van der Waals surface area contributed by atoms with Crippen LogP contribution < -0.4 is 14.5 Å². The predicted octanol–water partition coefficient (Wildman–Crippen LogP) is 4.47. The minimum atomic E-state index is -4.02. The average Bonchev–Trinajstić information content (AvgIpc) is 2.82. The molecule has 3 rings (SSSR count). The van der Waals surface area contributed by atoms with Gasteiger partial charge in [0.15, 0.2) is 0 Å². The van der Waals surface area contributed by atoms with Crippen LogP contribution in [0.25, 0.3) is 0 Å². The van der Waals surface area contributed by atoms with Gasteiger partial charge in [0.1, 0.15) is 12.3 Å². The minimum absolute atomic E-state index is 0.0256. The van der Waals surface area contributed by atoms with Crippen LogP contribution in [0.4, 0.5) is 5.69 Å². The molecule has 172 valence electrons. The van der Waals surface area contributed by atoms with Crippen molar-refractivity contribution in [2.24, 2.45) is 5.10 Å². The van der Waals surface area contributed by atoms with E-state index in [0.717, 1.165) is 15.6 Å². The van der Waals surface area contributed by atoms with Gasteiger partial charge in [0.25, 0.3) is 15.9 Å². The van der Waals surface area contributed by atoms with E-state index in [1.54, 1.807) is 37.3 Å². The highest BCUT2D eigenvalue weighted by atomic mass is 35.5. The van der Waals surface area contributed by atoms with E-state index in [-0.39, 0.29) is 4.90 Å². The Hall–Kier alpha value is -3.36. The van der Waals surface area contributed by atoms with Crippen molar-refractivity contribution in [2.45, 2.75) is 18.7 Å².